The molecule has 1 heterocycles. The summed E-state index contributed by atoms with van der Waals surface area (Å²) in [7, 11) is 0. The van der Waals surface area contributed by atoms with Crippen molar-refractivity contribution in [3.05, 3.63) is 72.8 Å². The first-order valence-electron chi connectivity index (χ1n) is 11.0. The predicted molar refractivity (Wildman–Crippen MR) is 124 cm³/mol. The first kappa shape index (κ1) is 20.2. The highest BCUT2D eigenvalue weighted by atomic mass is 16.5. The molecule has 0 aliphatic carbocycles. The van der Waals surface area contributed by atoms with E-state index >= 15 is 0 Å². The molecule has 0 unspecified atom stereocenters. The molecular formula is C27H29NO2. The van der Waals surface area contributed by atoms with E-state index in [1.165, 1.54) is 37.7 Å². The summed E-state index contributed by atoms with van der Waals surface area (Å²) in [6, 6.07) is 24.5. The van der Waals surface area contributed by atoms with Gasteiger partial charge < -0.3 is 9.15 Å². The Morgan fingerprint density at radius 2 is 1.33 bits per heavy atom. The fraction of sp³-hybridized carbons (Fsp3) is 0.296. The Morgan fingerprint density at radius 1 is 0.700 bits per heavy atom. The van der Waals surface area contributed by atoms with Crippen LogP contribution in [0.1, 0.15) is 45.4 Å². The van der Waals surface area contributed by atoms with E-state index in [1.54, 1.807) is 0 Å². The van der Waals surface area contributed by atoms with Gasteiger partial charge in [0.25, 0.3) is 0 Å². The second-order valence-corrected chi connectivity index (χ2v) is 7.70. The highest BCUT2D eigenvalue weighted by Crippen LogP contribution is 2.28. The Kier molecular flexibility index (Phi) is 6.81. The molecule has 0 aliphatic rings. The molecule has 0 amide bonds. The number of nitrogens with zero attached hydrogens (tertiary/aromatic N) is 1. The molecule has 0 saturated carbocycles. The molecule has 0 N–H and O–H groups in total. The first-order chi connectivity index (χ1) is 14.8. The molecule has 4 aromatic rings. The zero-order chi connectivity index (χ0) is 20.6. The number of fused-ring (bicyclic) bond motifs is 1. The number of ether oxygens (including phenoxy) is 1. The normalized spacial score (nSPS) is 11.1. The van der Waals surface area contributed by atoms with Crippen LogP contribution < -0.4 is 4.74 Å². The van der Waals surface area contributed by atoms with Gasteiger partial charge in [-0.1, -0.05) is 75.4 Å². The van der Waals surface area contributed by atoms with Gasteiger partial charge in [0.15, 0.2) is 5.58 Å². The van der Waals surface area contributed by atoms with Gasteiger partial charge in [0, 0.05) is 5.56 Å². The highest BCUT2D eigenvalue weighted by Gasteiger charge is 2.08. The maximum absolute atomic E-state index is 5.89. The van der Waals surface area contributed by atoms with Crippen LogP contribution in [0.3, 0.4) is 0 Å². The lowest BCUT2D eigenvalue weighted by molar-refractivity contribution is 0.304. The summed E-state index contributed by atoms with van der Waals surface area (Å²) >= 11 is 0. The van der Waals surface area contributed by atoms with Gasteiger partial charge in [-0.25, -0.2) is 4.98 Å². The number of aromatic nitrogens is 1. The summed E-state index contributed by atoms with van der Waals surface area (Å²) in [6.07, 6.45) is 7.68. The second kappa shape index (κ2) is 10.1. The summed E-state index contributed by atoms with van der Waals surface area (Å²) in [5, 5.41) is 0. The smallest absolute Gasteiger partial charge is 0.227 e. The zero-order valence-corrected chi connectivity index (χ0v) is 17.6. The van der Waals surface area contributed by atoms with E-state index in [9.17, 15) is 0 Å². The molecule has 4 rings (SSSR count). The van der Waals surface area contributed by atoms with Crippen LogP contribution >= 0.6 is 0 Å². The monoisotopic (exact) mass is 399 g/mol. The van der Waals surface area contributed by atoms with Crippen LogP contribution in [0.4, 0.5) is 0 Å². The van der Waals surface area contributed by atoms with Crippen molar-refractivity contribution in [3.8, 4) is 28.3 Å². The van der Waals surface area contributed by atoms with Gasteiger partial charge in [0.1, 0.15) is 11.3 Å². The van der Waals surface area contributed by atoms with E-state index in [4.69, 9.17) is 9.15 Å². The van der Waals surface area contributed by atoms with Crippen molar-refractivity contribution in [2.45, 2.75) is 45.4 Å². The molecule has 0 fully saturated rings. The molecule has 1 aromatic heterocycles. The number of hydrogen-bond acceptors (Lipinski definition) is 3. The third-order valence-corrected chi connectivity index (χ3v) is 5.38. The van der Waals surface area contributed by atoms with E-state index in [-0.39, 0.29) is 0 Å². The van der Waals surface area contributed by atoms with E-state index in [0.29, 0.717) is 5.89 Å². The summed E-state index contributed by atoms with van der Waals surface area (Å²) in [5.74, 6) is 1.59. The molecule has 3 aromatic carbocycles. The minimum atomic E-state index is 0.654. The Labute approximate surface area is 178 Å². The van der Waals surface area contributed by atoms with Crippen LogP contribution in [0.2, 0.25) is 0 Å². The Bertz CT molecular complexity index is 1020. The molecule has 30 heavy (non-hydrogen) atoms. The predicted octanol–water partition coefficient (Wildman–Crippen LogP) is 7.90. The molecule has 0 atom stereocenters. The summed E-state index contributed by atoms with van der Waals surface area (Å²) < 4.78 is 11.8. The van der Waals surface area contributed by atoms with E-state index in [1.807, 2.05) is 24.3 Å². The van der Waals surface area contributed by atoms with E-state index in [2.05, 4.69) is 60.4 Å². The van der Waals surface area contributed by atoms with Crippen molar-refractivity contribution in [3.63, 3.8) is 0 Å². The van der Waals surface area contributed by atoms with Gasteiger partial charge in [-0.05, 0) is 53.9 Å². The van der Waals surface area contributed by atoms with Crippen LogP contribution in [0, 0.1) is 0 Å². The third-order valence-electron chi connectivity index (χ3n) is 5.38. The lowest BCUT2D eigenvalue weighted by Crippen LogP contribution is -1.97. The topological polar surface area (TPSA) is 35.3 Å². The first-order valence-corrected chi connectivity index (χ1v) is 11.0. The number of rotatable bonds is 10. The van der Waals surface area contributed by atoms with Crippen molar-refractivity contribution in [1.29, 1.82) is 0 Å². The summed E-state index contributed by atoms with van der Waals surface area (Å²) in [6.45, 7) is 3.05. The average molecular weight is 400 g/mol. The van der Waals surface area contributed by atoms with Gasteiger partial charge in [0.2, 0.25) is 5.89 Å². The van der Waals surface area contributed by atoms with Crippen LogP contribution in [0.5, 0.6) is 5.75 Å². The molecule has 3 nitrogen and oxygen atoms in total. The standard InChI is InChI=1S/C27H29NO2/c1-2-3-4-5-6-9-20-29-24-18-16-22(17-19-24)21-12-14-23(15-13-21)27-28-25-10-7-8-11-26(25)30-27/h7-8,10-19H,2-6,9,20H2,1H3. The molecule has 0 bridgehead atoms. The molecule has 0 saturated heterocycles. The van der Waals surface area contributed by atoms with Gasteiger partial charge in [0.05, 0.1) is 6.61 Å². The molecule has 0 radical (unpaired) electrons. The van der Waals surface area contributed by atoms with Crippen molar-refractivity contribution in [2.75, 3.05) is 6.61 Å². The Hall–Kier alpha value is -3.07. The fourth-order valence-electron chi connectivity index (χ4n) is 3.62. The minimum Gasteiger partial charge on any atom is -0.494 e. The molecule has 0 spiro atoms. The van der Waals surface area contributed by atoms with Crippen LogP contribution in [-0.2, 0) is 0 Å². The third kappa shape index (κ3) is 5.10. The van der Waals surface area contributed by atoms with Crippen molar-refractivity contribution < 1.29 is 9.15 Å². The van der Waals surface area contributed by atoms with Gasteiger partial charge >= 0.3 is 0 Å². The SMILES string of the molecule is CCCCCCCCOc1ccc(-c2ccc(-c3nc4ccccc4o3)cc2)cc1. The van der Waals surface area contributed by atoms with Crippen LogP contribution in [0.25, 0.3) is 33.7 Å². The van der Waals surface area contributed by atoms with Crippen LogP contribution in [0.15, 0.2) is 77.2 Å². The Balaban J connectivity index is 1.33. The number of para-hydroxylation sites is 2. The van der Waals surface area contributed by atoms with E-state index in [0.717, 1.165) is 41.0 Å². The van der Waals surface area contributed by atoms with Crippen LogP contribution in [-0.4, -0.2) is 11.6 Å². The van der Waals surface area contributed by atoms with Gasteiger partial charge in [-0.15, -0.1) is 0 Å². The highest BCUT2D eigenvalue weighted by molar-refractivity contribution is 5.76. The van der Waals surface area contributed by atoms with E-state index < -0.39 is 0 Å². The Morgan fingerprint density at radius 3 is 2.07 bits per heavy atom. The summed E-state index contributed by atoms with van der Waals surface area (Å²) in [5.41, 5.74) is 5.01. The number of oxazole rings is 1. The number of unbranched alkanes of at least 4 members (excludes halogenated alkanes) is 5. The molecule has 3 heteroatoms. The molecular weight excluding hydrogens is 370 g/mol. The van der Waals surface area contributed by atoms with Gasteiger partial charge in [-0.3, -0.25) is 0 Å². The molecule has 154 valence electrons. The minimum absolute atomic E-state index is 0.654. The number of benzene rings is 3. The lowest BCUT2D eigenvalue weighted by Gasteiger charge is -2.08. The maximum atomic E-state index is 5.89. The van der Waals surface area contributed by atoms with Crippen molar-refractivity contribution in [2.24, 2.45) is 0 Å². The van der Waals surface area contributed by atoms with Gasteiger partial charge in [-0.2, -0.15) is 0 Å². The maximum Gasteiger partial charge on any atom is 0.227 e. The zero-order valence-electron chi connectivity index (χ0n) is 17.6. The summed E-state index contributed by atoms with van der Waals surface area (Å²) in [4.78, 5) is 4.57. The lowest BCUT2D eigenvalue weighted by atomic mass is 10.0. The second-order valence-electron chi connectivity index (χ2n) is 7.70. The number of hydrogen-bond donors (Lipinski definition) is 0. The van der Waals surface area contributed by atoms with Crippen molar-refractivity contribution >= 4 is 11.1 Å². The average Bonchev–Trinajstić information content (AvgIpc) is 3.23. The van der Waals surface area contributed by atoms with Crippen molar-refractivity contribution in [1.82, 2.24) is 4.98 Å². The fourth-order valence-corrected chi connectivity index (χ4v) is 3.62. The molecule has 0 aliphatic heterocycles. The quantitative estimate of drug-likeness (QED) is 0.254. The largest absolute Gasteiger partial charge is 0.494 e.